The Morgan fingerprint density at radius 1 is 1.04 bits per heavy atom. The summed E-state index contributed by atoms with van der Waals surface area (Å²) >= 11 is 0. The Balaban J connectivity index is 1.48. The van der Waals surface area contributed by atoms with E-state index in [4.69, 9.17) is 0 Å². The molecule has 4 rings (SSSR count). The van der Waals surface area contributed by atoms with Gasteiger partial charge in [-0.15, -0.1) is 0 Å². The average molecular weight is 371 g/mol. The maximum absolute atomic E-state index is 10.8. The molecule has 2 aromatic rings. The van der Waals surface area contributed by atoms with Crippen LogP contribution in [0.2, 0.25) is 0 Å². The zero-order valence-electron chi connectivity index (χ0n) is 16.3. The monoisotopic (exact) mass is 370 g/mol. The van der Waals surface area contributed by atoms with Crippen LogP contribution in [0.15, 0.2) is 24.8 Å². The number of hydrogen-bond donors (Lipinski definition) is 1. The molecule has 0 aliphatic carbocycles. The minimum Gasteiger partial charge on any atom is -0.385 e. The van der Waals surface area contributed by atoms with E-state index in [1.165, 1.54) is 12.8 Å². The van der Waals surface area contributed by atoms with Gasteiger partial charge < -0.3 is 19.5 Å². The Morgan fingerprint density at radius 3 is 2.41 bits per heavy atom. The number of piperidine rings is 2. The molecule has 0 spiro atoms. The summed E-state index contributed by atoms with van der Waals surface area (Å²) in [6.07, 6.45) is 9.35. The molecule has 146 valence electrons. The van der Waals surface area contributed by atoms with E-state index in [9.17, 15) is 5.11 Å². The van der Waals surface area contributed by atoms with E-state index in [-0.39, 0.29) is 5.92 Å². The molecule has 0 aromatic carbocycles. The quantitative estimate of drug-likeness (QED) is 0.891. The van der Waals surface area contributed by atoms with E-state index >= 15 is 0 Å². The van der Waals surface area contributed by atoms with E-state index in [0.717, 1.165) is 56.5 Å². The predicted octanol–water partition coefficient (Wildman–Crippen LogP) is 2.40. The van der Waals surface area contributed by atoms with Crippen molar-refractivity contribution in [3.8, 4) is 0 Å². The number of aliphatic hydroxyl groups is 1. The fraction of sp³-hybridized carbons (Fsp3) is 0.650. The molecule has 0 bridgehead atoms. The molecule has 0 saturated carbocycles. The van der Waals surface area contributed by atoms with Crippen molar-refractivity contribution in [2.24, 2.45) is 18.9 Å². The molecule has 2 fully saturated rings. The number of imidazole rings is 1. The van der Waals surface area contributed by atoms with Crippen molar-refractivity contribution in [2.75, 3.05) is 36.0 Å². The summed E-state index contributed by atoms with van der Waals surface area (Å²) in [5.41, 5.74) is 0. The first kappa shape index (κ1) is 18.2. The van der Waals surface area contributed by atoms with Crippen LogP contribution in [0.1, 0.15) is 44.5 Å². The molecule has 27 heavy (non-hydrogen) atoms. The van der Waals surface area contributed by atoms with Crippen LogP contribution in [0.25, 0.3) is 0 Å². The highest BCUT2D eigenvalue weighted by molar-refractivity contribution is 5.50. The van der Waals surface area contributed by atoms with Gasteiger partial charge in [-0.1, -0.05) is 6.92 Å². The molecule has 0 radical (unpaired) electrons. The molecule has 7 nitrogen and oxygen atoms in total. The summed E-state index contributed by atoms with van der Waals surface area (Å²) < 4.78 is 1.91. The van der Waals surface area contributed by atoms with E-state index in [2.05, 4.69) is 37.7 Å². The van der Waals surface area contributed by atoms with Crippen molar-refractivity contribution in [3.05, 3.63) is 30.6 Å². The number of aryl methyl sites for hydroxylation is 1. The average Bonchev–Trinajstić information content (AvgIpc) is 3.13. The van der Waals surface area contributed by atoms with Gasteiger partial charge in [-0.25, -0.2) is 15.0 Å². The van der Waals surface area contributed by atoms with E-state index in [0.29, 0.717) is 5.92 Å². The van der Waals surface area contributed by atoms with Crippen molar-refractivity contribution in [1.29, 1.82) is 0 Å². The lowest BCUT2D eigenvalue weighted by Gasteiger charge is -2.36. The normalized spacial score (nSPS) is 24.9. The summed E-state index contributed by atoms with van der Waals surface area (Å²) in [7, 11) is 1.93. The molecular formula is C20H30N6O. The Bertz CT molecular complexity index is 762. The molecule has 3 unspecified atom stereocenters. The van der Waals surface area contributed by atoms with Crippen molar-refractivity contribution < 1.29 is 5.11 Å². The van der Waals surface area contributed by atoms with Gasteiger partial charge in [0.25, 0.3) is 0 Å². The van der Waals surface area contributed by atoms with Crippen LogP contribution in [0.3, 0.4) is 0 Å². The number of aromatic nitrogens is 4. The van der Waals surface area contributed by atoms with Crippen LogP contribution >= 0.6 is 0 Å². The van der Waals surface area contributed by atoms with E-state index in [1.54, 1.807) is 12.5 Å². The third-order valence-electron chi connectivity index (χ3n) is 5.97. The highest BCUT2D eigenvalue weighted by atomic mass is 16.3. The van der Waals surface area contributed by atoms with Crippen LogP contribution in [0, 0.1) is 11.8 Å². The van der Waals surface area contributed by atoms with Crippen LogP contribution in [-0.2, 0) is 7.05 Å². The third-order valence-corrected chi connectivity index (χ3v) is 5.97. The number of aliphatic hydroxyl groups excluding tert-OH is 1. The summed E-state index contributed by atoms with van der Waals surface area (Å²) in [5, 5.41) is 10.8. The van der Waals surface area contributed by atoms with Gasteiger partial charge in [-0.2, -0.15) is 0 Å². The van der Waals surface area contributed by atoms with Gasteiger partial charge in [0, 0.05) is 57.6 Å². The Hall–Kier alpha value is -2.15. The Kier molecular flexibility index (Phi) is 5.29. The molecule has 2 saturated heterocycles. The number of hydrogen-bond acceptors (Lipinski definition) is 6. The lowest BCUT2D eigenvalue weighted by atomic mass is 9.92. The van der Waals surface area contributed by atoms with Crippen LogP contribution < -0.4 is 9.80 Å². The second-order valence-electron chi connectivity index (χ2n) is 8.12. The largest absolute Gasteiger partial charge is 0.385 e. The Morgan fingerprint density at radius 2 is 1.74 bits per heavy atom. The van der Waals surface area contributed by atoms with Crippen molar-refractivity contribution in [1.82, 2.24) is 19.5 Å². The molecular weight excluding hydrogens is 340 g/mol. The number of anilines is 2. The maximum Gasteiger partial charge on any atom is 0.137 e. The second-order valence-corrected chi connectivity index (χ2v) is 8.12. The minimum atomic E-state index is -0.544. The van der Waals surface area contributed by atoms with Gasteiger partial charge in [0.2, 0.25) is 0 Å². The van der Waals surface area contributed by atoms with Gasteiger partial charge in [0.15, 0.2) is 0 Å². The SMILES string of the molecule is CC1CCCN(c2cc(N3CCCC(C(O)c4nccn4C)C3)ncn2)C1. The maximum atomic E-state index is 10.8. The van der Waals surface area contributed by atoms with E-state index in [1.807, 2.05) is 17.8 Å². The zero-order chi connectivity index (χ0) is 18.8. The first-order valence-electron chi connectivity index (χ1n) is 10.1. The highest BCUT2D eigenvalue weighted by Gasteiger charge is 2.30. The first-order valence-corrected chi connectivity index (χ1v) is 10.1. The molecule has 1 N–H and O–H groups in total. The van der Waals surface area contributed by atoms with Gasteiger partial charge in [0.1, 0.15) is 29.9 Å². The van der Waals surface area contributed by atoms with Crippen molar-refractivity contribution in [2.45, 2.75) is 38.7 Å². The number of rotatable bonds is 4. The second kappa shape index (κ2) is 7.84. The summed E-state index contributed by atoms with van der Waals surface area (Å²) in [6, 6.07) is 2.12. The molecule has 2 aliphatic heterocycles. The molecule has 4 heterocycles. The molecule has 7 heteroatoms. The van der Waals surface area contributed by atoms with Gasteiger partial charge >= 0.3 is 0 Å². The highest BCUT2D eigenvalue weighted by Crippen LogP contribution is 2.31. The Labute approximate surface area is 161 Å². The molecule has 3 atom stereocenters. The molecule has 2 aliphatic rings. The lowest BCUT2D eigenvalue weighted by Crippen LogP contribution is -2.39. The fourth-order valence-electron chi connectivity index (χ4n) is 4.43. The molecule has 2 aromatic heterocycles. The third kappa shape index (κ3) is 3.93. The zero-order valence-corrected chi connectivity index (χ0v) is 16.3. The van der Waals surface area contributed by atoms with Crippen molar-refractivity contribution in [3.63, 3.8) is 0 Å². The standard InChI is InChI=1S/C20H30N6O/c1-15-5-3-8-25(12-15)17-11-18(23-14-22-17)26-9-4-6-16(13-26)19(27)20-21-7-10-24(20)2/h7,10-11,14-16,19,27H,3-6,8-9,12-13H2,1-2H3. The topological polar surface area (TPSA) is 70.3 Å². The first-order chi connectivity index (χ1) is 13.1. The summed E-state index contributed by atoms with van der Waals surface area (Å²) in [4.78, 5) is 18.1. The lowest BCUT2D eigenvalue weighted by molar-refractivity contribution is 0.0874. The summed E-state index contributed by atoms with van der Waals surface area (Å²) in [5.74, 6) is 3.61. The summed E-state index contributed by atoms with van der Waals surface area (Å²) in [6.45, 7) is 6.21. The fourth-order valence-corrected chi connectivity index (χ4v) is 4.43. The number of nitrogens with zero attached hydrogens (tertiary/aromatic N) is 6. The molecule has 0 amide bonds. The van der Waals surface area contributed by atoms with Crippen LogP contribution in [0.4, 0.5) is 11.6 Å². The van der Waals surface area contributed by atoms with Crippen LogP contribution in [-0.4, -0.2) is 50.8 Å². The predicted molar refractivity (Wildman–Crippen MR) is 106 cm³/mol. The van der Waals surface area contributed by atoms with Crippen LogP contribution in [0.5, 0.6) is 0 Å². The smallest absolute Gasteiger partial charge is 0.137 e. The van der Waals surface area contributed by atoms with Crippen molar-refractivity contribution >= 4 is 11.6 Å². The van der Waals surface area contributed by atoms with Gasteiger partial charge in [-0.3, -0.25) is 0 Å². The minimum absolute atomic E-state index is 0.160. The van der Waals surface area contributed by atoms with Gasteiger partial charge in [0.05, 0.1) is 0 Å². The van der Waals surface area contributed by atoms with Gasteiger partial charge in [-0.05, 0) is 31.6 Å². The van der Waals surface area contributed by atoms with E-state index < -0.39 is 6.10 Å².